The average Bonchev–Trinajstić information content (AvgIpc) is 3.08. The van der Waals surface area contributed by atoms with Crippen molar-refractivity contribution < 1.29 is 18.0 Å². The molecule has 2 aliphatic heterocycles. The van der Waals surface area contributed by atoms with E-state index in [4.69, 9.17) is 5.73 Å². The van der Waals surface area contributed by atoms with Crippen LogP contribution in [0.2, 0.25) is 0 Å². The molecule has 10 nitrogen and oxygen atoms in total. The van der Waals surface area contributed by atoms with Crippen LogP contribution >= 0.6 is 0 Å². The molecule has 2 fully saturated rings. The Hall–Kier alpha value is -2.01. The van der Waals surface area contributed by atoms with Crippen LogP contribution in [0.1, 0.15) is 17.4 Å². The fraction of sp³-hybridized carbons (Fsp3) is 0.692. The fourth-order valence-corrected chi connectivity index (χ4v) is 5.36. The third-order valence-electron chi connectivity index (χ3n) is 4.46. The number of carbonyl (C=O) groups is 2. The number of hydrogen-bond acceptors (Lipinski definition) is 7. The highest BCUT2D eigenvalue weighted by Crippen LogP contribution is 2.28. The van der Waals surface area contributed by atoms with Crippen LogP contribution in [0.3, 0.4) is 0 Å². The molecule has 2 N–H and O–H groups in total. The van der Waals surface area contributed by atoms with Gasteiger partial charge in [0.05, 0.1) is 36.3 Å². The van der Waals surface area contributed by atoms with Crippen molar-refractivity contribution in [2.45, 2.75) is 25.6 Å². The van der Waals surface area contributed by atoms with Gasteiger partial charge in [0, 0.05) is 26.6 Å². The summed E-state index contributed by atoms with van der Waals surface area (Å²) in [4.78, 5) is 27.5. The molecule has 0 aliphatic carbocycles. The lowest BCUT2D eigenvalue weighted by Gasteiger charge is -2.43. The molecule has 0 spiro atoms. The van der Waals surface area contributed by atoms with Gasteiger partial charge in [0.1, 0.15) is 0 Å². The van der Waals surface area contributed by atoms with E-state index in [0.717, 1.165) is 0 Å². The number of nitrogens with zero attached hydrogens (tertiary/aromatic N) is 5. The largest absolute Gasteiger partial charge is 0.335 e. The Balaban J connectivity index is 1.85. The third-order valence-corrected chi connectivity index (χ3v) is 6.16. The standard InChI is InChI=1S/C13H20N6O4S/c1-9(20)18-4-5-19(12-8-24(22,23)7-11(12)18)13(21)10-6-17(3-2-14)16-15-10/h6,11-12H,2-5,7-8,14H2,1H3/t11-,12+/m1/s1. The van der Waals surface area contributed by atoms with Crippen molar-refractivity contribution in [3.63, 3.8) is 0 Å². The predicted molar refractivity (Wildman–Crippen MR) is 83.7 cm³/mol. The predicted octanol–water partition coefficient (Wildman–Crippen LogP) is -2.29. The molecule has 3 heterocycles. The van der Waals surface area contributed by atoms with Gasteiger partial charge in [-0.3, -0.25) is 14.3 Å². The zero-order valence-corrected chi connectivity index (χ0v) is 14.1. The number of fused-ring (bicyclic) bond motifs is 1. The second-order valence-electron chi connectivity index (χ2n) is 6.08. The van der Waals surface area contributed by atoms with Crippen LogP contribution in [0.25, 0.3) is 0 Å². The van der Waals surface area contributed by atoms with Crippen molar-refractivity contribution in [3.05, 3.63) is 11.9 Å². The monoisotopic (exact) mass is 356 g/mol. The second-order valence-corrected chi connectivity index (χ2v) is 8.23. The minimum Gasteiger partial charge on any atom is -0.335 e. The van der Waals surface area contributed by atoms with Crippen LogP contribution < -0.4 is 5.73 Å². The second kappa shape index (κ2) is 6.13. The number of rotatable bonds is 3. The summed E-state index contributed by atoms with van der Waals surface area (Å²) < 4.78 is 25.5. The lowest BCUT2D eigenvalue weighted by Crippen LogP contribution is -2.61. The molecule has 0 saturated carbocycles. The molecule has 132 valence electrons. The van der Waals surface area contributed by atoms with Crippen LogP contribution in [0.4, 0.5) is 0 Å². The van der Waals surface area contributed by atoms with Gasteiger partial charge in [0.15, 0.2) is 15.5 Å². The number of carbonyl (C=O) groups excluding carboxylic acids is 2. The van der Waals surface area contributed by atoms with Crippen molar-refractivity contribution in [3.8, 4) is 0 Å². The molecule has 0 unspecified atom stereocenters. The van der Waals surface area contributed by atoms with Crippen LogP contribution in [-0.4, -0.2) is 88.2 Å². The number of aromatic nitrogens is 3. The summed E-state index contributed by atoms with van der Waals surface area (Å²) in [6.07, 6.45) is 1.50. The minimum atomic E-state index is -3.29. The molecule has 2 saturated heterocycles. The van der Waals surface area contributed by atoms with Gasteiger partial charge in [-0.05, 0) is 0 Å². The summed E-state index contributed by atoms with van der Waals surface area (Å²) in [5.41, 5.74) is 5.60. The summed E-state index contributed by atoms with van der Waals surface area (Å²) >= 11 is 0. The van der Waals surface area contributed by atoms with E-state index in [-0.39, 0.29) is 35.6 Å². The van der Waals surface area contributed by atoms with E-state index in [2.05, 4.69) is 10.3 Å². The van der Waals surface area contributed by atoms with E-state index < -0.39 is 21.9 Å². The van der Waals surface area contributed by atoms with Crippen LogP contribution in [-0.2, 0) is 21.2 Å². The van der Waals surface area contributed by atoms with Gasteiger partial charge in [0.25, 0.3) is 5.91 Å². The van der Waals surface area contributed by atoms with Gasteiger partial charge >= 0.3 is 0 Å². The first-order valence-electron chi connectivity index (χ1n) is 7.71. The zero-order chi connectivity index (χ0) is 17.5. The number of sulfone groups is 1. The third kappa shape index (κ3) is 3.00. The van der Waals surface area contributed by atoms with Gasteiger partial charge in [-0.25, -0.2) is 8.42 Å². The first-order chi connectivity index (χ1) is 11.3. The number of hydrogen-bond donors (Lipinski definition) is 1. The Morgan fingerprint density at radius 1 is 1.25 bits per heavy atom. The molecule has 0 aromatic carbocycles. The lowest BCUT2D eigenvalue weighted by atomic mass is 10.0. The molecule has 1 aromatic rings. The molecule has 1 aromatic heterocycles. The SMILES string of the molecule is CC(=O)N1CCN(C(=O)c2cn(CCN)nn2)[C@H]2CS(=O)(=O)C[C@H]21. The quantitative estimate of drug-likeness (QED) is 0.644. The molecule has 0 bridgehead atoms. The molecule has 3 rings (SSSR count). The fourth-order valence-electron chi connectivity index (χ4n) is 3.38. The Bertz CT molecular complexity index is 760. The van der Waals surface area contributed by atoms with E-state index >= 15 is 0 Å². The lowest BCUT2D eigenvalue weighted by molar-refractivity contribution is -0.133. The Labute approximate surface area is 139 Å². The maximum atomic E-state index is 12.7. The molecular weight excluding hydrogens is 336 g/mol. The Morgan fingerprint density at radius 3 is 2.50 bits per heavy atom. The first kappa shape index (κ1) is 16.8. The zero-order valence-electron chi connectivity index (χ0n) is 13.3. The van der Waals surface area contributed by atoms with Crippen molar-refractivity contribution >= 4 is 21.7 Å². The van der Waals surface area contributed by atoms with Gasteiger partial charge in [-0.15, -0.1) is 5.10 Å². The van der Waals surface area contributed by atoms with E-state index in [9.17, 15) is 18.0 Å². The molecule has 2 amide bonds. The molecule has 2 atom stereocenters. The minimum absolute atomic E-state index is 0.110. The summed E-state index contributed by atoms with van der Waals surface area (Å²) in [7, 11) is -3.29. The van der Waals surface area contributed by atoms with Crippen LogP contribution in [0.15, 0.2) is 6.20 Å². The van der Waals surface area contributed by atoms with Crippen molar-refractivity contribution in [2.24, 2.45) is 5.73 Å². The normalized spacial score (nSPS) is 25.6. The molecular formula is C13H20N6O4S. The Kier molecular flexibility index (Phi) is 4.30. The van der Waals surface area contributed by atoms with Gasteiger partial charge in [-0.2, -0.15) is 0 Å². The molecule has 11 heteroatoms. The van der Waals surface area contributed by atoms with Gasteiger partial charge in [-0.1, -0.05) is 5.21 Å². The number of piperazine rings is 1. The number of nitrogens with two attached hydrogens (primary N) is 1. The summed E-state index contributed by atoms with van der Waals surface area (Å²) in [5.74, 6) is -0.790. The topological polar surface area (TPSA) is 131 Å². The average molecular weight is 356 g/mol. The van der Waals surface area contributed by atoms with E-state index in [1.165, 1.54) is 22.7 Å². The van der Waals surface area contributed by atoms with Crippen molar-refractivity contribution in [1.82, 2.24) is 24.8 Å². The van der Waals surface area contributed by atoms with Gasteiger partial charge < -0.3 is 15.5 Å². The van der Waals surface area contributed by atoms with Crippen LogP contribution in [0.5, 0.6) is 0 Å². The maximum Gasteiger partial charge on any atom is 0.276 e. The molecule has 0 radical (unpaired) electrons. The van der Waals surface area contributed by atoms with Crippen LogP contribution in [0, 0.1) is 0 Å². The van der Waals surface area contributed by atoms with Crippen molar-refractivity contribution in [2.75, 3.05) is 31.1 Å². The summed E-state index contributed by atoms with van der Waals surface area (Å²) in [6, 6.07) is -1.04. The summed E-state index contributed by atoms with van der Waals surface area (Å²) in [6.45, 7) is 2.82. The highest BCUT2D eigenvalue weighted by molar-refractivity contribution is 7.91. The van der Waals surface area contributed by atoms with E-state index in [0.29, 0.717) is 19.6 Å². The molecule has 2 aliphatic rings. The number of amides is 2. The smallest absolute Gasteiger partial charge is 0.276 e. The maximum absolute atomic E-state index is 12.7. The van der Waals surface area contributed by atoms with Crippen molar-refractivity contribution in [1.29, 1.82) is 0 Å². The van der Waals surface area contributed by atoms with E-state index in [1.807, 2.05) is 0 Å². The van der Waals surface area contributed by atoms with E-state index in [1.54, 1.807) is 4.90 Å². The first-order valence-corrected chi connectivity index (χ1v) is 9.53. The highest BCUT2D eigenvalue weighted by Gasteiger charge is 2.49. The highest BCUT2D eigenvalue weighted by atomic mass is 32.2. The Morgan fingerprint density at radius 2 is 1.88 bits per heavy atom. The summed E-state index contributed by atoms with van der Waals surface area (Å²) in [5, 5.41) is 7.69. The molecule has 24 heavy (non-hydrogen) atoms. The van der Waals surface area contributed by atoms with Gasteiger partial charge in [0.2, 0.25) is 5.91 Å².